The van der Waals surface area contributed by atoms with Crippen LogP contribution in [0.15, 0.2) is 24.3 Å². The zero-order valence-electron chi connectivity index (χ0n) is 10.1. The van der Waals surface area contributed by atoms with Crippen LogP contribution < -0.4 is 4.74 Å². The summed E-state index contributed by atoms with van der Waals surface area (Å²) in [4.78, 5) is 22.2. The number of methoxy groups -OCH3 is 1. The molecule has 5 nitrogen and oxygen atoms in total. The van der Waals surface area contributed by atoms with Gasteiger partial charge in [0.05, 0.1) is 12.7 Å². The molecule has 0 bridgehead atoms. The normalized spacial score (nSPS) is 15.2. The lowest BCUT2D eigenvalue weighted by atomic mass is 10.1. The van der Waals surface area contributed by atoms with Crippen molar-refractivity contribution < 1.29 is 23.8 Å². The number of hydrogen-bond donors (Lipinski definition) is 0. The summed E-state index contributed by atoms with van der Waals surface area (Å²) >= 11 is 0. The highest BCUT2D eigenvalue weighted by molar-refractivity contribution is 6.03. The van der Waals surface area contributed by atoms with Crippen LogP contribution >= 0.6 is 0 Å². The number of cyclic esters (lactones) is 1. The highest BCUT2D eigenvalue weighted by Gasteiger charge is 2.26. The van der Waals surface area contributed by atoms with Gasteiger partial charge in [0.1, 0.15) is 18.1 Å². The summed E-state index contributed by atoms with van der Waals surface area (Å²) in [6.45, 7) is 1.39. The fourth-order valence-electron chi connectivity index (χ4n) is 1.63. The number of carbonyl (C=O) groups excluding carboxylic acids is 2. The predicted molar refractivity (Wildman–Crippen MR) is 63.0 cm³/mol. The van der Waals surface area contributed by atoms with Crippen molar-refractivity contribution in [2.24, 2.45) is 0 Å². The van der Waals surface area contributed by atoms with Crippen LogP contribution in [-0.4, -0.2) is 25.7 Å². The predicted octanol–water partition coefficient (Wildman–Crippen LogP) is 1.77. The second-order valence-corrected chi connectivity index (χ2v) is 3.67. The van der Waals surface area contributed by atoms with Gasteiger partial charge in [-0.2, -0.15) is 0 Å². The average molecular weight is 248 g/mol. The molecule has 94 valence electrons. The highest BCUT2D eigenvalue weighted by atomic mass is 16.5. The molecule has 0 fully saturated rings. The number of carbonyl (C=O) groups is 2. The second kappa shape index (κ2) is 4.91. The van der Waals surface area contributed by atoms with Crippen LogP contribution in [0.1, 0.15) is 22.8 Å². The van der Waals surface area contributed by atoms with E-state index in [2.05, 4.69) is 0 Å². The standard InChI is InChI=1S/C13H12O5/c1-8(14)17-6-5-12-10-4-3-9(16-2)7-11(10)13(15)18-12/h3-5,7H,6H2,1-2H3/b12-5+. The lowest BCUT2D eigenvalue weighted by Crippen LogP contribution is -1.98. The summed E-state index contributed by atoms with van der Waals surface area (Å²) < 4.78 is 14.9. The number of hydrogen-bond acceptors (Lipinski definition) is 5. The summed E-state index contributed by atoms with van der Waals surface area (Å²) in [5.41, 5.74) is 1.12. The molecule has 1 aliphatic rings. The van der Waals surface area contributed by atoms with E-state index in [1.165, 1.54) is 14.0 Å². The largest absolute Gasteiger partial charge is 0.497 e. The fraction of sp³-hybridized carbons (Fsp3) is 0.231. The highest BCUT2D eigenvalue weighted by Crippen LogP contribution is 2.32. The van der Waals surface area contributed by atoms with E-state index >= 15 is 0 Å². The summed E-state index contributed by atoms with van der Waals surface area (Å²) in [7, 11) is 1.53. The second-order valence-electron chi connectivity index (χ2n) is 3.67. The zero-order valence-corrected chi connectivity index (χ0v) is 10.1. The number of rotatable bonds is 3. The van der Waals surface area contributed by atoms with Crippen LogP contribution in [-0.2, 0) is 14.3 Å². The van der Waals surface area contributed by atoms with Gasteiger partial charge in [-0.25, -0.2) is 4.79 Å². The van der Waals surface area contributed by atoms with Gasteiger partial charge < -0.3 is 14.2 Å². The van der Waals surface area contributed by atoms with E-state index in [-0.39, 0.29) is 12.6 Å². The zero-order chi connectivity index (χ0) is 13.1. The summed E-state index contributed by atoms with van der Waals surface area (Å²) in [5, 5.41) is 0. The van der Waals surface area contributed by atoms with E-state index < -0.39 is 5.97 Å². The number of esters is 2. The minimum atomic E-state index is -0.432. The van der Waals surface area contributed by atoms with Gasteiger partial charge in [0.25, 0.3) is 0 Å². The van der Waals surface area contributed by atoms with Crippen molar-refractivity contribution >= 4 is 17.7 Å². The van der Waals surface area contributed by atoms with Crippen LogP contribution in [0.5, 0.6) is 5.75 Å². The maximum atomic E-state index is 11.6. The molecule has 0 atom stereocenters. The van der Waals surface area contributed by atoms with E-state index in [1.807, 2.05) is 0 Å². The Labute approximate surface area is 104 Å². The van der Waals surface area contributed by atoms with Crippen LogP contribution in [0.3, 0.4) is 0 Å². The average Bonchev–Trinajstić information content (AvgIpc) is 2.65. The van der Waals surface area contributed by atoms with Crippen LogP contribution in [0.4, 0.5) is 0 Å². The van der Waals surface area contributed by atoms with Crippen molar-refractivity contribution in [3.05, 3.63) is 35.4 Å². The molecule has 0 saturated heterocycles. The first-order valence-corrected chi connectivity index (χ1v) is 5.36. The van der Waals surface area contributed by atoms with Gasteiger partial charge in [0.2, 0.25) is 0 Å². The smallest absolute Gasteiger partial charge is 0.344 e. The van der Waals surface area contributed by atoms with Crippen molar-refractivity contribution in [1.82, 2.24) is 0 Å². The lowest BCUT2D eigenvalue weighted by Gasteiger charge is -2.01. The van der Waals surface area contributed by atoms with Gasteiger partial charge >= 0.3 is 11.9 Å². The number of ether oxygens (including phenoxy) is 3. The quantitative estimate of drug-likeness (QED) is 0.763. The molecule has 1 heterocycles. The third-order valence-corrected chi connectivity index (χ3v) is 2.47. The van der Waals surface area contributed by atoms with Crippen molar-refractivity contribution in [2.45, 2.75) is 6.92 Å². The molecule has 1 aromatic carbocycles. The Morgan fingerprint density at radius 2 is 2.17 bits per heavy atom. The summed E-state index contributed by atoms with van der Waals surface area (Å²) in [6.07, 6.45) is 1.55. The molecule has 0 amide bonds. The van der Waals surface area contributed by atoms with E-state index in [0.717, 1.165) is 0 Å². The molecule has 1 aromatic rings. The first-order chi connectivity index (χ1) is 8.61. The molecule has 0 aliphatic carbocycles. The SMILES string of the molecule is COc1ccc2c(c1)C(=O)O/C2=C/COC(C)=O. The third-order valence-electron chi connectivity index (χ3n) is 2.47. The lowest BCUT2D eigenvalue weighted by molar-refractivity contribution is -0.139. The fourth-order valence-corrected chi connectivity index (χ4v) is 1.63. The van der Waals surface area contributed by atoms with E-state index in [9.17, 15) is 9.59 Å². The molecule has 0 spiro atoms. The molecule has 0 saturated carbocycles. The first kappa shape index (κ1) is 12.2. The monoisotopic (exact) mass is 248 g/mol. The molecular formula is C13H12O5. The number of benzene rings is 1. The molecule has 18 heavy (non-hydrogen) atoms. The Kier molecular flexibility index (Phi) is 3.32. The topological polar surface area (TPSA) is 61.8 Å². The molecule has 0 aromatic heterocycles. The molecule has 0 unspecified atom stereocenters. The van der Waals surface area contributed by atoms with Crippen LogP contribution in [0.2, 0.25) is 0 Å². The van der Waals surface area contributed by atoms with Crippen LogP contribution in [0, 0.1) is 0 Å². The van der Waals surface area contributed by atoms with Gasteiger partial charge in [-0.15, -0.1) is 0 Å². The molecule has 0 radical (unpaired) electrons. The Morgan fingerprint density at radius 1 is 1.39 bits per heavy atom. The van der Waals surface area contributed by atoms with Gasteiger partial charge in [-0.05, 0) is 24.3 Å². The molecule has 1 aliphatic heterocycles. The van der Waals surface area contributed by atoms with Crippen molar-refractivity contribution in [2.75, 3.05) is 13.7 Å². The molecule has 2 rings (SSSR count). The Morgan fingerprint density at radius 3 is 2.83 bits per heavy atom. The Bertz CT molecular complexity index is 530. The van der Waals surface area contributed by atoms with Gasteiger partial charge in [-0.1, -0.05) is 0 Å². The number of fused-ring (bicyclic) bond motifs is 1. The maximum Gasteiger partial charge on any atom is 0.344 e. The summed E-state index contributed by atoms with van der Waals surface area (Å²) in [6, 6.07) is 5.09. The minimum absolute atomic E-state index is 0.0728. The van der Waals surface area contributed by atoms with Gasteiger partial charge in [0.15, 0.2) is 0 Å². The third kappa shape index (κ3) is 2.34. The van der Waals surface area contributed by atoms with E-state index in [1.54, 1.807) is 24.3 Å². The summed E-state index contributed by atoms with van der Waals surface area (Å²) in [5.74, 6) is 0.176. The van der Waals surface area contributed by atoms with Crippen molar-refractivity contribution in [1.29, 1.82) is 0 Å². The van der Waals surface area contributed by atoms with Crippen molar-refractivity contribution in [3.63, 3.8) is 0 Å². The van der Waals surface area contributed by atoms with Gasteiger partial charge in [-0.3, -0.25) is 4.79 Å². The van der Waals surface area contributed by atoms with E-state index in [0.29, 0.717) is 22.6 Å². The maximum absolute atomic E-state index is 11.6. The molecule has 5 heteroatoms. The minimum Gasteiger partial charge on any atom is -0.497 e. The Balaban J connectivity index is 2.25. The van der Waals surface area contributed by atoms with Crippen molar-refractivity contribution in [3.8, 4) is 5.75 Å². The molecular weight excluding hydrogens is 236 g/mol. The van der Waals surface area contributed by atoms with Crippen LogP contribution in [0.25, 0.3) is 5.76 Å². The Hall–Kier alpha value is -2.30. The van der Waals surface area contributed by atoms with Gasteiger partial charge in [0, 0.05) is 12.5 Å². The van der Waals surface area contributed by atoms with E-state index in [4.69, 9.17) is 14.2 Å². The molecule has 0 N–H and O–H groups in total. The first-order valence-electron chi connectivity index (χ1n) is 5.36.